The SMILES string of the molecule is CC[C@]12CC[C@@H]3[C@@H](CCC4=CC(=O)CC[C@H]43)[C@@H]1CCC2=O. The summed E-state index contributed by atoms with van der Waals surface area (Å²) in [7, 11) is 0. The Labute approximate surface area is 127 Å². The quantitative estimate of drug-likeness (QED) is 0.727. The van der Waals surface area contributed by atoms with Crippen molar-refractivity contribution < 1.29 is 9.59 Å². The topological polar surface area (TPSA) is 34.1 Å². The van der Waals surface area contributed by atoms with Gasteiger partial charge in [-0.25, -0.2) is 0 Å². The van der Waals surface area contributed by atoms with Crippen molar-refractivity contribution in [2.75, 3.05) is 0 Å². The molecule has 0 amide bonds. The fourth-order valence-corrected chi connectivity index (χ4v) is 6.40. The Morgan fingerprint density at radius 1 is 1.05 bits per heavy atom. The van der Waals surface area contributed by atoms with E-state index in [0.717, 1.165) is 56.8 Å². The Morgan fingerprint density at radius 3 is 2.71 bits per heavy atom. The molecule has 0 aliphatic heterocycles. The fourth-order valence-electron chi connectivity index (χ4n) is 6.40. The number of carbonyl (C=O) groups is 2. The maximum absolute atomic E-state index is 12.5. The zero-order chi connectivity index (χ0) is 14.6. The molecule has 0 heterocycles. The molecule has 4 aliphatic rings. The van der Waals surface area contributed by atoms with Crippen LogP contribution in [0.15, 0.2) is 11.6 Å². The maximum Gasteiger partial charge on any atom is 0.155 e. The molecule has 4 aliphatic carbocycles. The number of rotatable bonds is 1. The van der Waals surface area contributed by atoms with E-state index in [0.29, 0.717) is 23.4 Å². The Balaban J connectivity index is 1.65. The summed E-state index contributed by atoms with van der Waals surface area (Å²) in [6, 6.07) is 0. The van der Waals surface area contributed by atoms with E-state index in [9.17, 15) is 9.59 Å². The van der Waals surface area contributed by atoms with Crippen molar-refractivity contribution in [2.24, 2.45) is 29.1 Å². The van der Waals surface area contributed by atoms with Crippen LogP contribution < -0.4 is 0 Å². The van der Waals surface area contributed by atoms with Gasteiger partial charge in [0.2, 0.25) is 0 Å². The van der Waals surface area contributed by atoms with Crippen molar-refractivity contribution in [1.82, 2.24) is 0 Å². The summed E-state index contributed by atoms with van der Waals surface area (Å²) in [4.78, 5) is 24.2. The van der Waals surface area contributed by atoms with Crippen molar-refractivity contribution in [1.29, 1.82) is 0 Å². The van der Waals surface area contributed by atoms with Gasteiger partial charge in [0.05, 0.1) is 0 Å². The molecule has 0 saturated heterocycles. The molecule has 114 valence electrons. The molecule has 2 heteroatoms. The van der Waals surface area contributed by atoms with Crippen molar-refractivity contribution in [3.8, 4) is 0 Å². The Morgan fingerprint density at radius 2 is 1.90 bits per heavy atom. The molecule has 3 fully saturated rings. The second-order valence-electron chi connectivity index (χ2n) is 7.81. The summed E-state index contributed by atoms with van der Waals surface area (Å²) in [5.74, 6) is 3.72. The zero-order valence-corrected chi connectivity index (χ0v) is 13.1. The molecule has 5 atom stereocenters. The van der Waals surface area contributed by atoms with Gasteiger partial charge in [0, 0.05) is 18.3 Å². The van der Waals surface area contributed by atoms with E-state index < -0.39 is 0 Å². The van der Waals surface area contributed by atoms with Gasteiger partial charge < -0.3 is 0 Å². The van der Waals surface area contributed by atoms with Crippen LogP contribution in [0.5, 0.6) is 0 Å². The molecule has 3 saturated carbocycles. The number of hydrogen-bond acceptors (Lipinski definition) is 2. The first-order valence-corrected chi connectivity index (χ1v) is 8.92. The summed E-state index contributed by atoms with van der Waals surface area (Å²) in [6.45, 7) is 2.23. The Bertz CT molecular complexity index is 518. The van der Waals surface area contributed by atoms with Gasteiger partial charge in [0.25, 0.3) is 0 Å². The molecule has 0 N–H and O–H groups in total. The largest absolute Gasteiger partial charge is 0.299 e. The molecule has 0 spiro atoms. The van der Waals surface area contributed by atoms with Crippen LogP contribution in [-0.4, -0.2) is 11.6 Å². The minimum atomic E-state index is 0.0346. The number of hydrogen-bond donors (Lipinski definition) is 0. The number of carbonyl (C=O) groups excluding carboxylic acids is 2. The van der Waals surface area contributed by atoms with Crippen LogP contribution in [0.1, 0.15) is 64.7 Å². The van der Waals surface area contributed by atoms with Gasteiger partial charge in [-0.1, -0.05) is 12.5 Å². The minimum absolute atomic E-state index is 0.0346. The van der Waals surface area contributed by atoms with Gasteiger partial charge in [0.1, 0.15) is 5.78 Å². The number of fused-ring (bicyclic) bond motifs is 5. The molecule has 0 radical (unpaired) electrons. The van der Waals surface area contributed by atoms with E-state index in [1.54, 1.807) is 0 Å². The number of allylic oxidation sites excluding steroid dienone is 1. The molecule has 0 aromatic heterocycles. The smallest absolute Gasteiger partial charge is 0.155 e. The second-order valence-corrected chi connectivity index (χ2v) is 7.81. The van der Waals surface area contributed by atoms with Crippen LogP contribution in [0.4, 0.5) is 0 Å². The summed E-state index contributed by atoms with van der Waals surface area (Å²) in [6.07, 6.45) is 11.5. The fraction of sp³-hybridized carbons (Fsp3) is 0.789. The molecule has 0 aromatic rings. The highest BCUT2D eigenvalue weighted by atomic mass is 16.1. The molecule has 0 bridgehead atoms. The van der Waals surface area contributed by atoms with E-state index in [2.05, 4.69) is 6.92 Å². The Kier molecular flexibility index (Phi) is 3.13. The first-order valence-electron chi connectivity index (χ1n) is 8.92. The average Bonchev–Trinajstić information content (AvgIpc) is 2.84. The van der Waals surface area contributed by atoms with E-state index in [1.807, 2.05) is 6.08 Å². The normalized spacial score (nSPS) is 45.7. The maximum atomic E-state index is 12.5. The van der Waals surface area contributed by atoms with E-state index >= 15 is 0 Å². The van der Waals surface area contributed by atoms with Crippen molar-refractivity contribution >= 4 is 11.6 Å². The van der Waals surface area contributed by atoms with Crippen LogP contribution in [0.25, 0.3) is 0 Å². The second kappa shape index (κ2) is 4.79. The predicted molar refractivity (Wildman–Crippen MR) is 81.7 cm³/mol. The third kappa shape index (κ3) is 1.83. The van der Waals surface area contributed by atoms with Gasteiger partial charge >= 0.3 is 0 Å². The summed E-state index contributed by atoms with van der Waals surface area (Å²) in [5.41, 5.74) is 1.48. The Hall–Kier alpha value is -0.920. The van der Waals surface area contributed by atoms with Crippen molar-refractivity contribution in [3.05, 3.63) is 11.6 Å². The van der Waals surface area contributed by atoms with E-state index in [4.69, 9.17) is 0 Å². The van der Waals surface area contributed by atoms with Crippen LogP contribution in [0.3, 0.4) is 0 Å². The monoisotopic (exact) mass is 286 g/mol. The molecule has 0 unspecified atom stereocenters. The van der Waals surface area contributed by atoms with Gasteiger partial charge in [-0.05, 0) is 74.7 Å². The van der Waals surface area contributed by atoms with Crippen LogP contribution in [0, 0.1) is 29.1 Å². The number of ketones is 2. The predicted octanol–water partition coefficient (Wildman–Crippen LogP) is 4.09. The summed E-state index contributed by atoms with van der Waals surface area (Å²) in [5, 5.41) is 0. The lowest BCUT2D eigenvalue weighted by molar-refractivity contribution is -0.133. The van der Waals surface area contributed by atoms with Gasteiger partial charge in [-0.15, -0.1) is 0 Å². The molecule has 21 heavy (non-hydrogen) atoms. The summed E-state index contributed by atoms with van der Waals surface area (Å²) < 4.78 is 0. The van der Waals surface area contributed by atoms with Gasteiger partial charge in [-0.3, -0.25) is 9.59 Å². The highest BCUT2D eigenvalue weighted by molar-refractivity contribution is 5.91. The first kappa shape index (κ1) is 13.7. The molecule has 4 rings (SSSR count). The number of Topliss-reactive ketones (excluding diaryl/α,β-unsaturated/α-hetero) is 1. The zero-order valence-electron chi connectivity index (χ0n) is 13.1. The van der Waals surface area contributed by atoms with Gasteiger partial charge in [0.15, 0.2) is 5.78 Å². The molecular weight excluding hydrogens is 260 g/mol. The minimum Gasteiger partial charge on any atom is -0.299 e. The van der Waals surface area contributed by atoms with E-state index in [1.165, 1.54) is 18.4 Å². The molecule has 2 nitrogen and oxygen atoms in total. The molecule has 0 aromatic carbocycles. The lowest BCUT2D eigenvalue weighted by Crippen LogP contribution is -2.47. The van der Waals surface area contributed by atoms with Crippen molar-refractivity contribution in [3.63, 3.8) is 0 Å². The summed E-state index contributed by atoms with van der Waals surface area (Å²) >= 11 is 0. The van der Waals surface area contributed by atoms with Crippen LogP contribution in [0.2, 0.25) is 0 Å². The van der Waals surface area contributed by atoms with Crippen LogP contribution in [-0.2, 0) is 9.59 Å². The lowest BCUT2D eigenvalue weighted by Gasteiger charge is -2.52. The van der Waals surface area contributed by atoms with Gasteiger partial charge in [-0.2, -0.15) is 0 Å². The van der Waals surface area contributed by atoms with Crippen molar-refractivity contribution in [2.45, 2.75) is 64.7 Å². The highest BCUT2D eigenvalue weighted by Crippen LogP contribution is 2.61. The van der Waals surface area contributed by atoms with E-state index in [-0.39, 0.29) is 5.41 Å². The van der Waals surface area contributed by atoms with Crippen LogP contribution >= 0.6 is 0 Å². The average molecular weight is 286 g/mol. The third-order valence-electron chi connectivity index (χ3n) is 7.38. The standard InChI is InChI=1S/C19H26O2/c1-2-19-10-9-15-14-6-4-13(20)11-12(14)3-5-16(15)17(19)7-8-18(19)21/h11,14-17H,2-10H2,1H3/t14-,15+,16-,17+,19+/m1/s1. The molecular formula is C19H26O2. The highest BCUT2D eigenvalue weighted by Gasteiger charge is 2.57. The lowest BCUT2D eigenvalue weighted by atomic mass is 9.51. The third-order valence-corrected chi connectivity index (χ3v) is 7.38. The first-order chi connectivity index (χ1) is 10.2.